The number of nitrogens with one attached hydrogen (secondary N) is 1. The average Bonchev–Trinajstić information content (AvgIpc) is 3.18. The van der Waals surface area contributed by atoms with Crippen molar-refractivity contribution < 1.29 is 31.8 Å². The molecule has 3 aromatic heterocycles. The van der Waals surface area contributed by atoms with E-state index in [2.05, 4.69) is 15.3 Å². The Kier molecular flexibility index (Phi) is 5.62. The second-order valence-electron chi connectivity index (χ2n) is 6.98. The quantitative estimate of drug-likeness (QED) is 0.412. The summed E-state index contributed by atoms with van der Waals surface area (Å²) in [5, 5.41) is 2.63. The number of methoxy groups -OCH3 is 1. The number of aromatic nitrogens is 3. The number of carbonyl (C=O) groups excluding carboxylic acids is 1. The average molecular weight is 460 g/mol. The number of rotatable bonds is 5. The number of amides is 1. The fourth-order valence-electron chi connectivity index (χ4n) is 3.13. The second-order valence-corrected chi connectivity index (χ2v) is 6.98. The van der Waals surface area contributed by atoms with Crippen molar-refractivity contribution in [1.29, 1.82) is 0 Å². The SMILES string of the molecule is COc1cc(NC(=O)c2cc3cnc(C(F)(F)F)n3cc2Oc2ccc(F)cc2C)ccn1. The molecule has 0 unspecified atom stereocenters. The van der Waals surface area contributed by atoms with Crippen LogP contribution in [0.25, 0.3) is 5.52 Å². The number of hydrogen-bond donors (Lipinski definition) is 1. The molecule has 0 aliphatic heterocycles. The van der Waals surface area contributed by atoms with E-state index in [0.29, 0.717) is 11.3 Å². The number of hydrogen-bond acceptors (Lipinski definition) is 5. The molecule has 0 spiro atoms. The molecule has 4 aromatic rings. The number of halogens is 4. The summed E-state index contributed by atoms with van der Waals surface area (Å²) in [4.78, 5) is 20.4. The highest BCUT2D eigenvalue weighted by molar-refractivity contribution is 6.07. The van der Waals surface area contributed by atoms with Crippen molar-refractivity contribution in [1.82, 2.24) is 14.4 Å². The van der Waals surface area contributed by atoms with E-state index in [9.17, 15) is 22.4 Å². The zero-order chi connectivity index (χ0) is 23.8. The minimum Gasteiger partial charge on any atom is -0.481 e. The summed E-state index contributed by atoms with van der Waals surface area (Å²) < 4.78 is 65.2. The van der Waals surface area contributed by atoms with Crippen molar-refractivity contribution in [2.45, 2.75) is 13.1 Å². The van der Waals surface area contributed by atoms with E-state index in [-0.39, 0.29) is 28.5 Å². The van der Waals surface area contributed by atoms with Crippen LogP contribution in [0, 0.1) is 12.7 Å². The van der Waals surface area contributed by atoms with Crippen LogP contribution in [0.2, 0.25) is 0 Å². The maximum absolute atomic E-state index is 13.5. The Bertz CT molecular complexity index is 1350. The molecule has 1 N–H and O–H groups in total. The monoisotopic (exact) mass is 460 g/mol. The first-order valence-electron chi connectivity index (χ1n) is 9.49. The Morgan fingerprint density at radius 3 is 2.58 bits per heavy atom. The van der Waals surface area contributed by atoms with Crippen molar-refractivity contribution in [2.24, 2.45) is 0 Å². The normalized spacial score (nSPS) is 11.5. The predicted octanol–water partition coefficient (Wildman–Crippen LogP) is 5.25. The van der Waals surface area contributed by atoms with Crippen molar-refractivity contribution in [3.05, 3.63) is 77.8 Å². The van der Waals surface area contributed by atoms with Crippen LogP contribution in [0.4, 0.5) is 23.2 Å². The summed E-state index contributed by atoms with van der Waals surface area (Å²) in [6.45, 7) is 1.57. The standard InChI is InChI=1S/C22H16F4N4O3/c1-12-7-13(23)3-4-17(12)33-18-11-30-15(10-28-21(30)22(24,25)26)9-16(18)20(31)29-14-5-6-27-19(8-14)32-2/h3-11H,1-2H3,(H,27,29,31). The van der Waals surface area contributed by atoms with Gasteiger partial charge in [0.2, 0.25) is 11.7 Å². The highest BCUT2D eigenvalue weighted by Crippen LogP contribution is 2.34. The van der Waals surface area contributed by atoms with Crippen LogP contribution in [0.5, 0.6) is 17.4 Å². The van der Waals surface area contributed by atoms with Gasteiger partial charge in [-0.15, -0.1) is 0 Å². The van der Waals surface area contributed by atoms with Gasteiger partial charge in [0.05, 0.1) is 30.6 Å². The van der Waals surface area contributed by atoms with Crippen molar-refractivity contribution in [3.8, 4) is 17.4 Å². The number of pyridine rings is 2. The lowest BCUT2D eigenvalue weighted by molar-refractivity contribution is -0.145. The van der Waals surface area contributed by atoms with Crippen LogP contribution in [0.15, 0.2) is 55.0 Å². The Balaban J connectivity index is 1.80. The predicted molar refractivity (Wildman–Crippen MR) is 110 cm³/mol. The molecule has 3 heterocycles. The summed E-state index contributed by atoms with van der Waals surface area (Å²) in [6, 6.07) is 7.89. The first kappa shape index (κ1) is 22.1. The van der Waals surface area contributed by atoms with Crippen LogP contribution in [0.1, 0.15) is 21.7 Å². The summed E-state index contributed by atoms with van der Waals surface area (Å²) in [5.41, 5.74) is 0.709. The van der Waals surface area contributed by atoms with Crippen molar-refractivity contribution in [3.63, 3.8) is 0 Å². The van der Waals surface area contributed by atoms with Crippen LogP contribution in [-0.2, 0) is 6.18 Å². The van der Waals surface area contributed by atoms with E-state index in [1.165, 1.54) is 43.6 Å². The minimum absolute atomic E-state index is 0.0305. The molecule has 1 amide bonds. The Hall–Kier alpha value is -4.15. The lowest BCUT2D eigenvalue weighted by atomic mass is 10.2. The van der Waals surface area contributed by atoms with Crippen LogP contribution >= 0.6 is 0 Å². The van der Waals surface area contributed by atoms with Crippen molar-refractivity contribution >= 4 is 17.1 Å². The number of carbonyl (C=O) groups is 1. The van der Waals surface area contributed by atoms with Gasteiger partial charge in [-0.05, 0) is 42.8 Å². The zero-order valence-corrected chi connectivity index (χ0v) is 17.3. The lowest BCUT2D eigenvalue weighted by Crippen LogP contribution is -2.15. The summed E-state index contributed by atoms with van der Waals surface area (Å²) in [5.74, 6) is -2.09. The summed E-state index contributed by atoms with van der Waals surface area (Å²) in [6.07, 6.45) is -1.28. The molecule has 0 aliphatic rings. The van der Waals surface area contributed by atoms with E-state index in [4.69, 9.17) is 9.47 Å². The summed E-state index contributed by atoms with van der Waals surface area (Å²) in [7, 11) is 1.41. The maximum Gasteiger partial charge on any atom is 0.450 e. The van der Waals surface area contributed by atoms with Gasteiger partial charge < -0.3 is 14.8 Å². The van der Waals surface area contributed by atoms with Crippen LogP contribution < -0.4 is 14.8 Å². The number of ether oxygens (including phenoxy) is 2. The molecule has 33 heavy (non-hydrogen) atoms. The molecule has 0 saturated carbocycles. The van der Waals surface area contributed by atoms with E-state index < -0.39 is 23.7 Å². The summed E-state index contributed by atoms with van der Waals surface area (Å²) >= 11 is 0. The number of alkyl halides is 3. The highest BCUT2D eigenvalue weighted by Gasteiger charge is 2.36. The smallest absolute Gasteiger partial charge is 0.450 e. The molecule has 0 aliphatic carbocycles. The molecule has 4 rings (SSSR count). The molecule has 1 aromatic carbocycles. The molecule has 170 valence electrons. The molecule has 7 nitrogen and oxygen atoms in total. The third-order valence-corrected chi connectivity index (χ3v) is 4.69. The van der Waals surface area contributed by atoms with Gasteiger partial charge in [0.15, 0.2) is 5.75 Å². The Labute approximate surface area is 184 Å². The zero-order valence-electron chi connectivity index (χ0n) is 17.3. The number of fused-ring (bicyclic) bond motifs is 1. The molecule has 0 bridgehead atoms. The largest absolute Gasteiger partial charge is 0.481 e. The van der Waals surface area contributed by atoms with E-state index in [1.54, 1.807) is 6.92 Å². The van der Waals surface area contributed by atoms with Gasteiger partial charge in [0, 0.05) is 18.0 Å². The van der Waals surface area contributed by atoms with E-state index >= 15 is 0 Å². The van der Waals surface area contributed by atoms with E-state index in [0.717, 1.165) is 22.9 Å². The van der Waals surface area contributed by atoms with Gasteiger partial charge >= 0.3 is 6.18 Å². The second kappa shape index (κ2) is 8.41. The third-order valence-electron chi connectivity index (χ3n) is 4.69. The third kappa shape index (κ3) is 4.56. The van der Waals surface area contributed by atoms with Crippen LogP contribution in [0.3, 0.4) is 0 Å². The van der Waals surface area contributed by atoms with Gasteiger partial charge in [-0.2, -0.15) is 13.2 Å². The topological polar surface area (TPSA) is 77.8 Å². The minimum atomic E-state index is -4.73. The molecular weight excluding hydrogens is 444 g/mol. The fourth-order valence-corrected chi connectivity index (χ4v) is 3.13. The number of imidazole rings is 1. The first-order chi connectivity index (χ1) is 15.7. The maximum atomic E-state index is 13.5. The number of nitrogens with zero attached hydrogens (tertiary/aromatic N) is 3. The number of aryl methyl sites for hydroxylation is 1. The Morgan fingerprint density at radius 1 is 1.09 bits per heavy atom. The Morgan fingerprint density at radius 2 is 1.88 bits per heavy atom. The number of anilines is 1. The van der Waals surface area contributed by atoms with Gasteiger partial charge in [-0.3, -0.25) is 9.20 Å². The highest BCUT2D eigenvalue weighted by atomic mass is 19.4. The molecule has 0 radical (unpaired) electrons. The van der Waals surface area contributed by atoms with Crippen molar-refractivity contribution in [2.75, 3.05) is 12.4 Å². The molecule has 0 atom stereocenters. The number of benzene rings is 1. The fraction of sp³-hybridized carbons (Fsp3) is 0.136. The molecule has 0 fully saturated rings. The van der Waals surface area contributed by atoms with Crippen LogP contribution in [-0.4, -0.2) is 27.4 Å². The van der Waals surface area contributed by atoms with Gasteiger partial charge in [0.1, 0.15) is 11.6 Å². The van der Waals surface area contributed by atoms with Gasteiger partial charge in [-0.1, -0.05) is 0 Å². The van der Waals surface area contributed by atoms with E-state index in [1.807, 2.05) is 0 Å². The molecular formula is C22H16F4N4O3. The van der Waals surface area contributed by atoms with Gasteiger partial charge in [0.25, 0.3) is 5.91 Å². The molecule has 11 heteroatoms. The first-order valence-corrected chi connectivity index (χ1v) is 9.49. The lowest BCUT2D eigenvalue weighted by Gasteiger charge is -2.15. The molecule has 0 saturated heterocycles. The van der Waals surface area contributed by atoms with Gasteiger partial charge in [-0.25, -0.2) is 14.4 Å².